The van der Waals surface area contributed by atoms with Gasteiger partial charge in [-0.1, -0.05) is 182 Å². The third-order valence-corrected chi connectivity index (χ3v) is 12.7. The lowest BCUT2D eigenvalue weighted by Gasteiger charge is -2.28. The zero-order chi connectivity index (χ0) is 38.4. The van der Waals surface area contributed by atoms with Crippen LogP contribution in [0, 0.1) is 0 Å². The van der Waals surface area contributed by atoms with Crippen molar-refractivity contribution in [2.75, 3.05) is 4.90 Å². The van der Waals surface area contributed by atoms with Crippen LogP contribution in [0.25, 0.3) is 86.2 Å². The smallest absolute Gasteiger partial charge is 0.0546 e. The van der Waals surface area contributed by atoms with Gasteiger partial charge in [0.1, 0.15) is 0 Å². The molecule has 2 heteroatoms. The monoisotopic (exact) mass is 755 g/mol. The largest absolute Gasteiger partial charge is 0.310 e. The highest BCUT2D eigenvalue weighted by Gasteiger charge is 2.18. The number of hydrogen-bond donors (Lipinski definition) is 0. The highest BCUT2D eigenvalue weighted by Crippen LogP contribution is 2.45. The summed E-state index contributed by atoms with van der Waals surface area (Å²) in [4.78, 5) is 2.42. The quantitative estimate of drug-likeness (QED) is 0.146. The Morgan fingerprint density at radius 3 is 1.50 bits per heavy atom. The summed E-state index contributed by atoms with van der Waals surface area (Å²) in [5.74, 6) is 0. The molecule has 1 nitrogen and oxygen atoms in total. The van der Waals surface area contributed by atoms with Crippen molar-refractivity contribution in [2.45, 2.75) is 0 Å². The molecule has 11 rings (SSSR count). The molecule has 0 N–H and O–H groups in total. The Kier molecular flexibility index (Phi) is 8.42. The van der Waals surface area contributed by atoms with E-state index in [0.29, 0.717) is 0 Å². The van der Waals surface area contributed by atoms with Crippen molar-refractivity contribution >= 4 is 70.1 Å². The number of hydrogen-bond acceptors (Lipinski definition) is 2. The molecule has 0 aliphatic rings. The number of thiophene rings is 1. The van der Waals surface area contributed by atoms with Crippen LogP contribution >= 0.6 is 11.3 Å². The minimum Gasteiger partial charge on any atom is -0.310 e. The van der Waals surface area contributed by atoms with E-state index in [4.69, 9.17) is 0 Å². The highest BCUT2D eigenvalue weighted by molar-refractivity contribution is 7.26. The molecule has 0 amide bonds. The predicted octanol–water partition coefficient (Wildman–Crippen LogP) is 16.5. The van der Waals surface area contributed by atoms with E-state index in [1.54, 1.807) is 0 Å². The van der Waals surface area contributed by atoms with E-state index < -0.39 is 0 Å². The van der Waals surface area contributed by atoms with Gasteiger partial charge in [0.25, 0.3) is 0 Å². The zero-order valence-corrected chi connectivity index (χ0v) is 32.5. The lowest BCUT2D eigenvalue weighted by Crippen LogP contribution is -2.10. The van der Waals surface area contributed by atoms with Crippen molar-refractivity contribution in [3.63, 3.8) is 0 Å². The highest BCUT2D eigenvalue weighted by atomic mass is 32.1. The molecule has 58 heavy (non-hydrogen) atoms. The Hall–Kier alpha value is -7.26. The number of anilines is 3. The van der Waals surface area contributed by atoms with E-state index >= 15 is 0 Å². The van der Waals surface area contributed by atoms with Crippen LogP contribution in [0.5, 0.6) is 0 Å². The summed E-state index contributed by atoms with van der Waals surface area (Å²) in [6.45, 7) is 0. The summed E-state index contributed by atoms with van der Waals surface area (Å²) < 4.78 is 2.63. The molecule has 1 aromatic heterocycles. The normalized spacial score (nSPS) is 11.4. The van der Waals surface area contributed by atoms with Crippen molar-refractivity contribution in [1.82, 2.24) is 0 Å². The molecule has 0 aliphatic heterocycles. The van der Waals surface area contributed by atoms with Crippen LogP contribution in [-0.2, 0) is 0 Å². The molecule has 0 atom stereocenters. The average Bonchev–Trinajstić information content (AvgIpc) is 3.69. The molecule has 0 spiro atoms. The van der Waals surface area contributed by atoms with E-state index in [1.165, 1.54) is 86.2 Å². The number of benzene rings is 10. The maximum atomic E-state index is 2.42. The second-order valence-corrected chi connectivity index (χ2v) is 15.9. The number of rotatable bonds is 7. The Labute approximate surface area is 342 Å². The van der Waals surface area contributed by atoms with E-state index in [0.717, 1.165) is 17.1 Å². The predicted molar refractivity (Wildman–Crippen MR) is 251 cm³/mol. The lowest BCUT2D eigenvalue weighted by molar-refractivity contribution is 1.30. The topological polar surface area (TPSA) is 3.24 Å². The van der Waals surface area contributed by atoms with Gasteiger partial charge in [0.2, 0.25) is 0 Å². The van der Waals surface area contributed by atoms with E-state index in [-0.39, 0.29) is 0 Å². The summed E-state index contributed by atoms with van der Waals surface area (Å²) in [5.41, 5.74) is 13.2. The van der Waals surface area contributed by atoms with Crippen LogP contribution in [0.4, 0.5) is 17.1 Å². The molecule has 0 saturated heterocycles. The van der Waals surface area contributed by atoms with Gasteiger partial charge in [-0.2, -0.15) is 0 Å². The van der Waals surface area contributed by atoms with Crippen molar-refractivity contribution in [3.8, 4) is 44.5 Å². The molecule has 0 radical (unpaired) electrons. The molecule has 0 saturated carbocycles. The van der Waals surface area contributed by atoms with Gasteiger partial charge in [-0.3, -0.25) is 0 Å². The van der Waals surface area contributed by atoms with Crippen molar-refractivity contribution < 1.29 is 0 Å². The molecule has 0 aliphatic carbocycles. The second kappa shape index (κ2) is 14.4. The van der Waals surface area contributed by atoms with Crippen molar-refractivity contribution in [3.05, 3.63) is 224 Å². The Bertz CT molecular complexity index is 3240. The minimum absolute atomic E-state index is 1.11. The van der Waals surface area contributed by atoms with Crippen molar-refractivity contribution in [1.29, 1.82) is 0 Å². The van der Waals surface area contributed by atoms with Gasteiger partial charge in [0.15, 0.2) is 0 Å². The molecular formula is C56H37NS. The first-order chi connectivity index (χ1) is 28.7. The summed E-state index contributed by atoms with van der Waals surface area (Å²) >= 11 is 1.88. The van der Waals surface area contributed by atoms with E-state index in [9.17, 15) is 0 Å². The summed E-state index contributed by atoms with van der Waals surface area (Å²) in [6, 6.07) is 81.8. The molecule has 0 bridgehead atoms. The Balaban J connectivity index is 1.01. The lowest BCUT2D eigenvalue weighted by atomic mass is 9.98. The molecule has 0 fully saturated rings. The molecule has 272 valence electrons. The van der Waals surface area contributed by atoms with Gasteiger partial charge in [-0.25, -0.2) is 0 Å². The van der Waals surface area contributed by atoms with Gasteiger partial charge in [-0.05, 0) is 103 Å². The van der Waals surface area contributed by atoms with Crippen LogP contribution in [-0.4, -0.2) is 0 Å². The van der Waals surface area contributed by atoms with Gasteiger partial charge < -0.3 is 4.90 Å². The SMILES string of the molecule is c1ccc(-c2ccc(-c3ccc(N(c4ccc(-c5cccc6c5sc5ccc(-c7ccccc7)cc56)cc4)c4cccc5ccc6ccccc6c45)cc3)cc2)cc1. The molecule has 0 unspecified atom stereocenters. The third kappa shape index (κ3) is 6.03. The van der Waals surface area contributed by atoms with Crippen LogP contribution in [0.1, 0.15) is 0 Å². The minimum atomic E-state index is 1.11. The van der Waals surface area contributed by atoms with Crippen molar-refractivity contribution in [2.24, 2.45) is 0 Å². The van der Waals surface area contributed by atoms with Crippen LogP contribution in [0.2, 0.25) is 0 Å². The fourth-order valence-electron chi connectivity index (χ4n) is 8.57. The van der Waals surface area contributed by atoms with E-state index in [2.05, 4.69) is 229 Å². The third-order valence-electron chi connectivity index (χ3n) is 11.5. The fraction of sp³-hybridized carbons (Fsp3) is 0. The van der Waals surface area contributed by atoms with Gasteiger partial charge in [-0.15, -0.1) is 11.3 Å². The zero-order valence-electron chi connectivity index (χ0n) is 31.7. The average molecular weight is 756 g/mol. The number of fused-ring (bicyclic) bond motifs is 6. The molecular weight excluding hydrogens is 719 g/mol. The standard InChI is InChI=1S/C56H37NS/c1-3-11-38(12-4-1)40-21-23-41(24-22-40)42-27-32-47(33-28-42)57(53-20-9-16-45-26-25-43-15-7-8-17-49(43)55(45)53)48-34-29-44(30-35-48)50-18-10-19-51-52-37-46(39-13-5-2-6-14-39)31-36-54(52)58-56(50)51/h1-37H. The van der Waals surface area contributed by atoms with Gasteiger partial charge in [0, 0.05) is 36.9 Å². The fourth-order valence-corrected chi connectivity index (χ4v) is 9.79. The van der Waals surface area contributed by atoms with Crippen LogP contribution in [0.3, 0.4) is 0 Å². The van der Waals surface area contributed by atoms with Crippen LogP contribution in [0.15, 0.2) is 224 Å². The second-order valence-electron chi connectivity index (χ2n) is 14.9. The van der Waals surface area contributed by atoms with Gasteiger partial charge >= 0.3 is 0 Å². The first-order valence-electron chi connectivity index (χ1n) is 19.8. The maximum absolute atomic E-state index is 2.42. The summed E-state index contributed by atoms with van der Waals surface area (Å²) in [7, 11) is 0. The molecule has 10 aromatic carbocycles. The van der Waals surface area contributed by atoms with E-state index in [1.807, 2.05) is 11.3 Å². The van der Waals surface area contributed by atoms with Gasteiger partial charge in [0.05, 0.1) is 5.69 Å². The summed E-state index contributed by atoms with van der Waals surface area (Å²) in [6.07, 6.45) is 0. The first-order valence-corrected chi connectivity index (χ1v) is 20.6. The maximum Gasteiger partial charge on any atom is 0.0546 e. The van der Waals surface area contributed by atoms with Crippen LogP contribution < -0.4 is 4.90 Å². The first kappa shape index (κ1) is 34.0. The molecule has 1 heterocycles. The molecule has 11 aromatic rings. The Morgan fingerprint density at radius 2 is 0.810 bits per heavy atom. The Morgan fingerprint density at radius 1 is 0.310 bits per heavy atom. The number of nitrogens with zero attached hydrogens (tertiary/aromatic N) is 1. The summed E-state index contributed by atoms with van der Waals surface area (Å²) in [5, 5.41) is 7.57.